The molecule has 43 heavy (non-hydrogen) atoms. The Balaban J connectivity index is 1.81. The van der Waals surface area contributed by atoms with Crippen LogP contribution in [0.1, 0.15) is 205 Å². The van der Waals surface area contributed by atoms with Crippen molar-refractivity contribution in [1.29, 1.82) is 0 Å². The Morgan fingerprint density at radius 1 is 0.349 bits per heavy atom. The van der Waals surface area contributed by atoms with Crippen molar-refractivity contribution in [2.75, 3.05) is 26.4 Å². The minimum absolute atomic E-state index is 0.550. The molecule has 1 aromatic rings. The molecule has 0 aliphatic rings. The fraction of sp³-hybridized carbons (Fsp3) is 0.900. The van der Waals surface area contributed by atoms with Crippen molar-refractivity contribution in [3.63, 3.8) is 0 Å². The standard InChI is InChI=1S/C40H76O2Se/c1-3-5-7-9-11-13-15-17-19-21-23-25-27-29-33-41-35-31-39-37-43-38-40(39)32-36-42-34-30-28-26-24-22-20-18-16-14-12-10-8-6-4-2/h37-38H,3-36H2,1-2H3. The summed E-state index contributed by atoms with van der Waals surface area (Å²) in [6, 6.07) is 0. The molecule has 0 amide bonds. The summed E-state index contributed by atoms with van der Waals surface area (Å²) >= 11 is 0.550. The van der Waals surface area contributed by atoms with E-state index in [2.05, 4.69) is 23.7 Å². The first-order valence-electron chi connectivity index (χ1n) is 19.6. The second-order valence-electron chi connectivity index (χ2n) is 13.3. The van der Waals surface area contributed by atoms with Crippen LogP contribution in [0.2, 0.25) is 0 Å². The maximum absolute atomic E-state index is 6.00. The molecule has 0 radical (unpaired) electrons. The first kappa shape index (κ1) is 40.9. The minimum atomic E-state index is 0.550. The molecule has 254 valence electrons. The molecule has 0 N–H and O–H groups in total. The monoisotopic (exact) mass is 669 g/mol. The molecule has 0 saturated heterocycles. The van der Waals surface area contributed by atoms with Crippen LogP contribution < -0.4 is 0 Å². The molecule has 0 spiro atoms. The van der Waals surface area contributed by atoms with Crippen LogP contribution in [0.25, 0.3) is 0 Å². The summed E-state index contributed by atoms with van der Waals surface area (Å²) in [6.07, 6.45) is 41.8. The van der Waals surface area contributed by atoms with Crippen LogP contribution in [0.5, 0.6) is 0 Å². The number of hydrogen-bond acceptors (Lipinski definition) is 2. The van der Waals surface area contributed by atoms with E-state index >= 15 is 0 Å². The van der Waals surface area contributed by atoms with E-state index in [0.717, 1.165) is 39.3 Å². The zero-order chi connectivity index (χ0) is 30.7. The molecule has 0 fully saturated rings. The SMILES string of the molecule is CCCCCCCCCCCCCCCCOCCc1c[se]cc1CCOCCCCCCCCCCCCCCCC. The number of rotatable bonds is 36. The predicted molar refractivity (Wildman–Crippen MR) is 193 cm³/mol. The molecule has 3 heteroatoms. The first-order chi connectivity index (χ1) is 21.4. The van der Waals surface area contributed by atoms with Gasteiger partial charge in [0.25, 0.3) is 0 Å². The number of ether oxygens (including phenoxy) is 2. The number of unbranched alkanes of at least 4 members (excludes halogenated alkanes) is 26. The second-order valence-corrected chi connectivity index (χ2v) is 14.9. The van der Waals surface area contributed by atoms with Gasteiger partial charge in [-0.15, -0.1) is 0 Å². The van der Waals surface area contributed by atoms with Crippen molar-refractivity contribution >= 4 is 14.5 Å². The van der Waals surface area contributed by atoms with Gasteiger partial charge in [0.1, 0.15) is 0 Å². The minimum Gasteiger partial charge on any atom is -0.0654 e. The van der Waals surface area contributed by atoms with Crippen molar-refractivity contribution in [2.45, 2.75) is 206 Å². The fourth-order valence-electron chi connectivity index (χ4n) is 6.15. The molecule has 0 atom stereocenters. The molecule has 1 aromatic heterocycles. The van der Waals surface area contributed by atoms with Crippen LogP contribution in [0.3, 0.4) is 0 Å². The third kappa shape index (κ3) is 29.1. The normalized spacial score (nSPS) is 11.6. The topological polar surface area (TPSA) is 18.5 Å². The van der Waals surface area contributed by atoms with E-state index < -0.39 is 0 Å². The van der Waals surface area contributed by atoms with Gasteiger partial charge in [-0.2, -0.15) is 0 Å². The molecule has 0 bridgehead atoms. The zero-order valence-corrected chi connectivity index (χ0v) is 31.1. The third-order valence-electron chi connectivity index (χ3n) is 9.15. The Bertz CT molecular complexity index is 590. The van der Waals surface area contributed by atoms with E-state index in [1.807, 2.05) is 0 Å². The summed E-state index contributed by atoms with van der Waals surface area (Å²) < 4.78 is 12.0. The molecule has 0 aliphatic carbocycles. The van der Waals surface area contributed by atoms with Gasteiger partial charge >= 0.3 is 161 Å². The van der Waals surface area contributed by atoms with Crippen molar-refractivity contribution < 1.29 is 9.47 Å². The van der Waals surface area contributed by atoms with E-state index in [9.17, 15) is 0 Å². The summed E-state index contributed by atoms with van der Waals surface area (Å²) in [4.78, 5) is 4.93. The van der Waals surface area contributed by atoms with Gasteiger partial charge in [-0.1, -0.05) is 117 Å². The summed E-state index contributed by atoms with van der Waals surface area (Å²) in [6.45, 7) is 8.26. The Labute approximate surface area is 277 Å². The predicted octanol–water partition coefficient (Wildman–Crippen LogP) is 12.8. The van der Waals surface area contributed by atoms with Gasteiger partial charge in [0, 0.05) is 0 Å². The average molecular weight is 668 g/mol. The maximum atomic E-state index is 6.00. The molecular weight excluding hydrogens is 591 g/mol. The Hall–Kier alpha value is -0.0805. The molecule has 1 rings (SSSR count). The van der Waals surface area contributed by atoms with E-state index in [4.69, 9.17) is 9.47 Å². The quantitative estimate of drug-likeness (QED) is 0.0524. The van der Waals surface area contributed by atoms with Crippen molar-refractivity contribution in [2.24, 2.45) is 0 Å². The second kappa shape index (κ2) is 34.8. The van der Waals surface area contributed by atoms with Gasteiger partial charge < -0.3 is 0 Å². The van der Waals surface area contributed by atoms with Gasteiger partial charge in [0.15, 0.2) is 0 Å². The van der Waals surface area contributed by atoms with Gasteiger partial charge in [-0.05, 0) is 0 Å². The van der Waals surface area contributed by atoms with Gasteiger partial charge in [0.05, 0.1) is 0 Å². The fourth-order valence-corrected chi connectivity index (χ4v) is 8.12. The van der Waals surface area contributed by atoms with E-state index in [0.29, 0.717) is 14.5 Å². The van der Waals surface area contributed by atoms with Crippen LogP contribution in [0.4, 0.5) is 0 Å². The first-order valence-corrected chi connectivity index (χ1v) is 21.6. The van der Waals surface area contributed by atoms with E-state index in [-0.39, 0.29) is 0 Å². The van der Waals surface area contributed by atoms with Crippen LogP contribution >= 0.6 is 0 Å². The van der Waals surface area contributed by atoms with Crippen molar-refractivity contribution in [1.82, 2.24) is 0 Å². The molecule has 0 saturated carbocycles. The zero-order valence-electron chi connectivity index (χ0n) is 29.4. The summed E-state index contributed by atoms with van der Waals surface area (Å²) in [7, 11) is 0. The molecule has 0 unspecified atom stereocenters. The smallest absolute Gasteiger partial charge is 0.0654 e. The summed E-state index contributed by atoms with van der Waals surface area (Å²) in [5.41, 5.74) is 3.09. The third-order valence-corrected chi connectivity index (χ3v) is 10.9. The summed E-state index contributed by atoms with van der Waals surface area (Å²) in [5.74, 6) is 0. The van der Waals surface area contributed by atoms with Crippen LogP contribution in [-0.2, 0) is 22.3 Å². The van der Waals surface area contributed by atoms with Crippen LogP contribution in [-0.4, -0.2) is 40.9 Å². The molecule has 2 nitrogen and oxygen atoms in total. The molecule has 1 heterocycles. The van der Waals surface area contributed by atoms with Crippen molar-refractivity contribution in [3.05, 3.63) is 21.0 Å². The molecular formula is C40H76O2Se. The Morgan fingerprint density at radius 2 is 0.605 bits per heavy atom. The van der Waals surface area contributed by atoms with Crippen molar-refractivity contribution in [3.8, 4) is 0 Å². The number of hydrogen-bond donors (Lipinski definition) is 0. The van der Waals surface area contributed by atoms with E-state index in [1.165, 1.54) is 180 Å². The van der Waals surface area contributed by atoms with Gasteiger partial charge in [-0.25, -0.2) is 0 Å². The van der Waals surface area contributed by atoms with Crippen LogP contribution in [0.15, 0.2) is 9.88 Å². The van der Waals surface area contributed by atoms with E-state index in [1.54, 1.807) is 11.1 Å². The average Bonchev–Trinajstić information content (AvgIpc) is 3.47. The van der Waals surface area contributed by atoms with Gasteiger partial charge in [0.2, 0.25) is 0 Å². The Morgan fingerprint density at radius 3 is 0.884 bits per heavy atom. The molecule has 0 aromatic carbocycles. The summed E-state index contributed by atoms with van der Waals surface area (Å²) in [5, 5.41) is 0. The Kier molecular flexibility index (Phi) is 33.1. The van der Waals surface area contributed by atoms with Gasteiger partial charge in [-0.3, -0.25) is 0 Å². The van der Waals surface area contributed by atoms with Crippen LogP contribution in [0, 0.1) is 0 Å². The molecule has 0 aliphatic heterocycles.